The normalized spacial score (nSPS) is 12.4. The standard InChI is InChI=1S/C20H17Cl2N3O5S/c1-12(20(27)25-19-17(22)9-15(21)10-23-19)30-18(26)11-24-31(28,29)16-7-6-13-4-2-3-5-14(13)8-16/h2-10,12,24H,11H2,1H3,(H,23,25,27). The molecular weight excluding hydrogens is 465 g/mol. The van der Waals surface area contributed by atoms with Gasteiger partial charge in [-0.05, 0) is 35.9 Å². The van der Waals surface area contributed by atoms with Crippen LogP contribution in [0.2, 0.25) is 10.0 Å². The Morgan fingerprint density at radius 1 is 1.10 bits per heavy atom. The summed E-state index contributed by atoms with van der Waals surface area (Å²) in [5, 5.41) is 4.44. The van der Waals surface area contributed by atoms with Gasteiger partial charge in [0.15, 0.2) is 11.9 Å². The second-order valence-electron chi connectivity index (χ2n) is 6.44. The first-order chi connectivity index (χ1) is 14.7. The Morgan fingerprint density at radius 3 is 2.52 bits per heavy atom. The number of nitrogens with one attached hydrogen (secondary N) is 2. The molecule has 3 aromatic rings. The first-order valence-corrected chi connectivity index (χ1v) is 11.2. The predicted octanol–water partition coefficient (Wildman–Crippen LogP) is 3.39. The van der Waals surface area contributed by atoms with E-state index in [1.54, 1.807) is 18.2 Å². The molecule has 0 radical (unpaired) electrons. The Kier molecular flexibility index (Phi) is 7.11. The van der Waals surface area contributed by atoms with Crippen molar-refractivity contribution in [2.75, 3.05) is 11.9 Å². The maximum atomic E-state index is 12.5. The molecule has 0 aliphatic carbocycles. The SMILES string of the molecule is CC(OC(=O)CNS(=O)(=O)c1ccc2ccccc2c1)C(=O)Nc1ncc(Cl)cc1Cl. The molecule has 0 aliphatic rings. The van der Waals surface area contributed by atoms with Crippen LogP contribution < -0.4 is 10.0 Å². The summed E-state index contributed by atoms with van der Waals surface area (Å²) in [6.45, 7) is 0.682. The van der Waals surface area contributed by atoms with Crippen LogP contribution in [0.5, 0.6) is 0 Å². The van der Waals surface area contributed by atoms with Crippen molar-refractivity contribution in [1.82, 2.24) is 9.71 Å². The summed E-state index contributed by atoms with van der Waals surface area (Å²) in [6.07, 6.45) is 0.0765. The molecule has 0 saturated heterocycles. The van der Waals surface area contributed by atoms with Crippen LogP contribution in [0.4, 0.5) is 5.82 Å². The number of ether oxygens (including phenoxy) is 1. The largest absolute Gasteiger partial charge is 0.452 e. The minimum Gasteiger partial charge on any atom is -0.452 e. The number of hydrogen-bond donors (Lipinski definition) is 2. The Labute approximate surface area is 188 Å². The van der Waals surface area contributed by atoms with Gasteiger partial charge >= 0.3 is 5.97 Å². The molecule has 0 fully saturated rings. The van der Waals surface area contributed by atoms with Crippen LogP contribution in [0.1, 0.15) is 6.92 Å². The van der Waals surface area contributed by atoms with Gasteiger partial charge in [0.05, 0.1) is 14.9 Å². The zero-order chi connectivity index (χ0) is 22.6. The topological polar surface area (TPSA) is 114 Å². The fourth-order valence-electron chi connectivity index (χ4n) is 2.59. The number of carbonyl (C=O) groups excluding carboxylic acids is 2. The maximum absolute atomic E-state index is 12.5. The van der Waals surface area contributed by atoms with Gasteiger partial charge in [-0.25, -0.2) is 13.4 Å². The van der Waals surface area contributed by atoms with Crippen LogP contribution >= 0.6 is 23.2 Å². The van der Waals surface area contributed by atoms with E-state index < -0.39 is 34.5 Å². The van der Waals surface area contributed by atoms with Crippen LogP contribution in [0.25, 0.3) is 10.8 Å². The van der Waals surface area contributed by atoms with E-state index >= 15 is 0 Å². The molecule has 1 heterocycles. The molecule has 1 amide bonds. The predicted molar refractivity (Wildman–Crippen MR) is 118 cm³/mol. The van der Waals surface area contributed by atoms with E-state index in [9.17, 15) is 18.0 Å². The van der Waals surface area contributed by atoms with Crippen molar-refractivity contribution in [3.63, 3.8) is 0 Å². The summed E-state index contributed by atoms with van der Waals surface area (Å²) < 4.78 is 32.1. The van der Waals surface area contributed by atoms with Crippen LogP contribution in [-0.4, -0.2) is 37.9 Å². The van der Waals surface area contributed by atoms with Gasteiger partial charge in [0.2, 0.25) is 10.0 Å². The number of anilines is 1. The fourth-order valence-corrected chi connectivity index (χ4v) is 4.02. The zero-order valence-electron chi connectivity index (χ0n) is 16.1. The summed E-state index contributed by atoms with van der Waals surface area (Å²) in [4.78, 5) is 28.1. The van der Waals surface area contributed by atoms with Gasteiger partial charge in [-0.15, -0.1) is 0 Å². The first-order valence-electron chi connectivity index (χ1n) is 8.95. The lowest BCUT2D eigenvalue weighted by Gasteiger charge is -2.14. The molecule has 0 bridgehead atoms. The minimum absolute atomic E-state index is 0.00764. The van der Waals surface area contributed by atoms with Crippen molar-refractivity contribution >= 4 is 61.7 Å². The Hall–Kier alpha value is -2.72. The lowest BCUT2D eigenvalue weighted by molar-refractivity contribution is -0.151. The van der Waals surface area contributed by atoms with Gasteiger partial charge in [0.25, 0.3) is 5.91 Å². The average molecular weight is 482 g/mol. The average Bonchev–Trinajstić information content (AvgIpc) is 2.74. The number of carbonyl (C=O) groups is 2. The molecule has 3 rings (SSSR count). The van der Waals surface area contributed by atoms with Crippen molar-refractivity contribution < 1.29 is 22.7 Å². The molecule has 11 heteroatoms. The third-order valence-electron chi connectivity index (χ3n) is 4.16. The minimum atomic E-state index is -3.95. The monoisotopic (exact) mass is 481 g/mol. The summed E-state index contributed by atoms with van der Waals surface area (Å²) in [7, 11) is -3.95. The smallest absolute Gasteiger partial charge is 0.321 e. The van der Waals surface area contributed by atoms with Crippen molar-refractivity contribution in [1.29, 1.82) is 0 Å². The van der Waals surface area contributed by atoms with E-state index in [1.807, 2.05) is 12.1 Å². The van der Waals surface area contributed by atoms with Crippen LogP contribution in [0.3, 0.4) is 0 Å². The number of fused-ring (bicyclic) bond motifs is 1. The highest BCUT2D eigenvalue weighted by molar-refractivity contribution is 7.89. The van der Waals surface area contributed by atoms with E-state index in [0.717, 1.165) is 10.8 Å². The molecule has 0 spiro atoms. The number of aromatic nitrogens is 1. The fraction of sp³-hybridized carbons (Fsp3) is 0.150. The Balaban J connectivity index is 1.57. The molecule has 162 valence electrons. The molecule has 31 heavy (non-hydrogen) atoms. The van der Waals surface area contributed by atoms with Gasteiger partial charge in [0, 0.05) is 6.20 Å². The number of rotatable bonds is 7. The lowest BCUT2D eigenvalue weighted by atomic mass is 10.1. The summed E-state index contributed by atoms with van der Waals surface area (Å²) in [5.41, 5.74) is 0. The summed E-state index contributed by atoms with van der Waals surface area (Å²) >= 11 is 11.7. The van der Waals surface area contributed by atoms with E-state index in [0.29, 0.717) is 5.02 Å². The van der Waals surface area contributed by atoms with E-state index in [-0.39, 0.29) is 15.7 Å². The second-order valence-corrected chi connectivity index (χ2v) is 9.05. The number of nitrogens with zero attached hydrogens (tertiary/aromatic N) is 1. The molecule has 0 aliphatic heterocycles. The van der Waals surface area contributed by atoms with E-state index in [1.165, 1.54) is 31.3 Å². The van der Waals surface area contributed by atoms with Crippen LogP contribution in [-0.2, 0) is 24.3 Å². The summed E-state index contributed by atoms with van der Waals surface area (Å²) in [6, 6.07) is 13.3. The quantitative estimate of drug-likeness (QED) is 0.499. The van der Waals surface area contributed by atoms with Crippen molar-refractivity contribution in [3.05, 3.63) is 64.8 Å². The van der Waals surface area contributed by atoms with Gasteiger partial charge < -0.3 is 10.1 Å². The highest BCUT2D eigenvalue weighted by Gasteiger charge is 2.22. The van der Waals surface area contributed by atoms with E-state index in [4.69, 9.17) is 27.9 Å². The summed E-state index contributed by atoms with van der Waals surface area (Å²) in [5.74, 6) is -1.57. The van der Waals surface area contributed by atoms with Crippen molar-refractivity contribution in [2.45, 2.75) is 17.9 Å². The second kappa shape index (κ2) is 9.61. The van der Waals surface area contributed by atoms with Crippen LogP contribution in [0, 0.1) is 0 Å². The molecule has 2 N–H and O–H groups in total. The number of esters is 1. The number of pyridine rings is 1. The zero-order valence-corrected chi connectivity index (χ0v) is 18.5. The first kappa shape index (κ1) is 23.0. The Morgan fingerprint density at radius 2 is 1.81 bits per heavy atom. The van der Waals surface area contributed by atoms with Crippen LogP contribution in [0.15, 0.2) is 59.6 Å². The highest BCUT2D eigenvalue weighted by Crippen LogP contribution is 2.23. The Bertz CT molecular complexity index is 1250. The molecule has 8 nitrogen and oxygen atoms in total. The molecular formula is C20H17Cl2N3O5S. The van der Waals surface area contributed by atoms with Crippen molar-refractivity contribution in [2.24, 2.45) is 0 Å². The van der Waals surface area contributed by atoms with Gasteiger partial charge in [-0.1, -0.05) is 53.5 Å². The number of hydrogen-bond acceptors (Lipinski definition) is 6. The van der Waals surface area contributed by atoms with Gasteiger partial charge in [0.1, 0.15) is 6.54 Å². The highest BCUT2D eigenvalue weighted by atomic mass is 35.5. The molecule has 0 saturated carbocycles. The molecule has 1 atom stereocenters. The molecule has 2 aromatic carbocycles. The number of sulfonamides is 1. The number of benzene rings is 2. The van der Waals surface area contributed by atoms with Gasteiger partial charge in [-0.2, -0.15) is 4.72 Å². The van der Waals surface area contributed by atoms with Gasteiger partial charge in [-0.3, -0.25) is 9.59 Å². The number of halogens is 2. The number of amides is 1. The third-order valence-corrected chi connectivity index (χ3v) is 6.06. The maximum Gasteiger partial charge on any atom is 0.321 e. The molecule has 1 aromatic heterocycles. The van der Waals surface area contributed by atoms with E-state index in [2.05, 4.69) is 15.0 Å². The lowest BCUT2D eigenvalue weighted by Crippen LogP contribution is -2.36. The molecule has 1 unspecified atom stereocenters. The third kappa shape index (κ3) is 5.92. The van der Waals surface area contributed by atoms with Crippen molar-refractivity contribution in [3.8, 4) is 0 Å².